The topological polar surface area (TPSA) is 32.3 Å². The van der Waals surface area contributed by atoms with Crippen LogP contribution in [0.15, 0.2) is 36.4 Å². The van der Waals surface area contributed by atoms with Crippen LogP contribution in [0.25, 0.3) is 0 Å². The van der Waals surface area contributed by atoms with Crippen LogP contribution in [-0.2, 0) is 11.3 Å². The van der Waals surface area contributed by atoms with Crippen molar-refractivity contribution in [3.8, 4) is 0 Å². The molecule has 0 saturated carbocycles. The number of benzene rings is 2. The van der Waals surface area contributed by atoms with Crippen molar-refractivity contribution in [3.63, 3.8) is 0 Å². The van der Waals surface area contributed by atoms with E-state index in [0.29, 0.717) is 0 Å². The summed E-state index contributed by atoms with van der Waals surface area (Å²) in [7, 11) is 0. The summed E-state index contributed by atoms with van der Waals surface area (Å²) in [5, 5.41) is 3.27. The molecule has 0 aliphatic carbocycles. The quantitative estimate of drug-likeness (QED) is 0.793. The Morgan fingerprint density at radius 1 is 1.04 bits per heavy atom. The molecule has 2 aromatic rings. The lowest BCUT2D eigenvalue weighted by atomic mass is 9.93. The first-order chi connectivity index (χ1) is 13.3. The van der Waals surface area contributed by atoms with Gasteiger partial charge in [0.1, 0.15) is 0 Å². The summed E-state index contributed by atoms with van der Waals surface area (Å²) in [6, 6.07) is 13.2. The third-order valence-electron chi connectivity index (χ3n) is 6.15. The summed E-state index contributed by atoms with van der Waals surface area (Å²) >= 11 is 0. The van der Waals surface area contributed by atoms with E-state index in [4.69, 9.17) is 0 Å². The van der Waals surface area contributed by atoms with E-state index in [0.717, 1.165) is 32.5 Å². The van der Waals surface area contributed by atoms with E-state index in [-0.39, 0.29) is 17.9 Å². The number of hydrogen-bond acceptors (Lipinski definition) is 2. The van der Waals surface area contributed by atoms with Gasteiger partial charge in [-0.05, 0) is 88.4 Å². The second kappa shape index (κ2) is 8.91. The Labute approximate surface area is 170 Å². The van der Waals surface area contributed by atoms with Gasteiger partial charge in [-0.3, -0.25) is 9.69 Å². The third-order valence-corrected chi connectivity index (χ3v) is 6.15. The smallest absolute Gasteiger partial charge is 0.223 e. The molecule has 1 heterocycles. The highest BCUT2D eigenvalue weighted by atomic mass is 16.1. The summed E-state index contributed by atoms with van der Waals surface area (Å²) in [4.78, 5) is 15.3. The van der Waals surface area contributed by atoms with Crippen LogP contribution < -0.4 is 5.32 Å². The predicted molar refractivity (Wildman–Crippen MR) is 116 cm³/mol. The normalized spacial score (nSPS) is 16.8. The van der Waals surface area contributed by atoms with Crippen molar-refractivity contribution in [1.82, 2.24) is 10.2 Å². The first kappa shape index (κ1) is 20.6. The fourth-order valence-corrected chi connectivity index (χ4v) is 4.28. The number of amides is 1. The van der Waals surface area contributed by atoms with Gasteiger partial charge in [0.05, 0.1) is 6.04 Å². The van der Waals surface area contributed by atoms with Gasteiger partial charge in [0.25, 0.3) is 0 Å². The van der Waals surface area contributed by atoms with E-state index in [1.54, 1.807) is 0 Å². The number of likely N-dealkylation sites (tertiary alicyclic amines) is 1. The minimum atomic E-state index is 0.0529. The fourth-order valence-electron chi connectivity index (χ4n) is 4.28. The molecular weight excluding hydrogens is 344 g/mol. The maximum absolute atomic E-state index is 12.8. The van der Waals surface area contributed by atoms with Crippen molar-refractivity contribution in [2.45, 2.75) is 60.0 Å². The summed E-state index contributed by atoms with van der Waals surface area (Å²) in [6.45, 7) is 13.6. The van der Waals surface area contributed by atoms with Crippen molar-refractivity contribution >= 4 is 5.91 Å². The van der Waals surface area contributed by atoms with Gasteiger partial charge in [-0.25, -0.2) is 0 Å². The molecule has 3 rings (SSSR count). The van der Waals surface area contributed by atoms with E-state index in [1.165, 1.54) is 33.4 Å². The van der Waals surface area contributed by atoms with Gasteiger partial charge in [-0.1, -0.05) is 42.0 Å². The Balaban J connectivity index is 1.53. The number of nitrogens with zero attached hydrogens (tertiary/aromatic N) is 1. The lowest BCUT2D eigenvalue weighted by Gasteiger charge is -2.32. The highest BCUT2D eigenvalue weighted by molar-refractivity contribution is 5.79. The molecule has 1 amide bonds. The summed E-state index contributed by atoms with van der Waals surface area (Å²) in [5.41, 5.74) is 7.74. The maximum atomic E-state index is 12.8. The summed E-state index contributed by atoms with van der Waals surface area (Å²) in [6.07, 6.45) is 1.88. The fraction of sp³-hybridized carbons (Fsp3) is 0.480. The molecule has 28 heavy (non-hydrogen) atoms. The average Bonchev–Trinajstić information content (AvgIpc) is 2.65. The molecule has 1 atom stereocenters. The van der Waals surface area contributed by atoms with Gasteiger partial charge < -0.3 is 5.32 Å². The number of nitrogens with one attached hydrogen (secondary N) is 1. The number of piperidine rings is 1. The van der Waals surface area contributed by atoms with Gasteiger partial charge in [0, 0.05) is 12.5 Å². The molecule has 1 aliphatic rings. The third kappa shape index (κ3) is 5.02. The summed E-state index contributed by atoms with van der Waals surface area (Å²) in [5.74, 6) is 0.336. The van der Waals surface area contributed by atoms with Crippen LogP contribution in [0.4, 0.5) is 0 Å². The highest BCUT2D eigenvalue weighted by Gasteiger charge is 2.26. The molecule has 0 radical (unpaired) electrons. The Morgan fingerprint density at radius 3 is 2.39 bits per heavy atom. The molecule has 3 heteroatoms. The minimum Gasteiger partial charge on any atom is -0.349 e. The largest absolute Gasteiger partial charge is 0.349 e. The number of hydrogen-bond donors (Lipinski definition) is 1. The van der Waals surface area contributed by atoms with Gasteiger partial charge in [0.15, 0.2) is 0 Å². The second-order valence-electron chi connectivity index (χ2n) is 8.56. The molecule has 150 valence electrons. The zero-order valence-corrected chi connectivity index (χ0v) is 18.0. The maximum Gasteiger partial charge on any atom is 0.223 e. The highest BCUT2D eigenvalue weighted by Crippen LogP contribution is 2.24. The first-order valence-corrected chi connectivity index (χ1v) is 10.5. The Morgan fingerprint density at radius 2 is 1.71 bits per heavy atom. The zero-order chi connectivity index (χ0) is 20.3. The second-order valence-corrected chi connectivity index (χ2v) is 8.56. The van der Waals surface area contributed by atoms with Gasteiger partial charge >= 0.3 is 0 Å². The molecule has 3 nitrogen and oxygen atoms in total. The molecule has 1 N–H and O–H groups in total. The van der Waals surface area contributed by atoms with E-state index in [1.807, 2.05) is 0 Å². The van der Waals surface area contributed by atoms with Crippen molar-refractivity contribution < 1.29 is 4.79 Å². The van der Waals surface area contributed by atoms with Crippen LogP contribution in [0.1, 0.15) is 59.2 Å². The first-order valence-electron chi connectivity index (χ1n) is 10.5. The molecule has 2 aromatic carbocycles. The predicted octanol–water partition coefficient (Wildman–Crippen LogP) is 5.01. The minimum absolute atomic E-state index is 0.0529. The number of carbonyl (C=O) groups excluding carboxylic acids is 1. The molecule has 0 bridgehead atoms. The molecule has 1 saturated heterocycles. The standard InChI is InChI=1S/C25H34N2O/c1-17-7-6-8-22(13-17)16-27-11-9-23(10-12-27)25(28)26-21(5)24-15-19(3)18(2)14-20(24)4/h6-8,13-15,21,23H,9-12,16H2,1-5H3,(H,26,28). The molecular formula is C25H34N2O. The van der Waals surface area contributed by atoms with Crippen LogP contribution in [0.5, 0.6) is 0 Å². The number of aryl methyl sites for hydroxylation is 4. The molecule has 1 aliphatic heterocycles. The molecule has 1 unspecified atom stereocenters. The van der Waals surface area contributed by atoms with Crippen molar-refractivity contribution in [1.29, 1.82) is 0 Å². The van der Waals surface area contributed by atoms with Crippen LogP contribution in [0, 0.1) is 33.6 Å². The van der Waals surface area contributed by atoms with Gasteiger partial charge in [-0.15, -0.1) is 0 Å². The van der Waals surface area contributed by atoms with Gasteiger partial charge in [0.2, 0.25) is 5.91 Å². The zero-order valence-electron chi connectivity index (χ0n) is 18.0. The van der Waals surface area contributed by atoms with E-state index >= 15 is 0 Å². The molecule has 1 fully saturated rings. The monoisotopic (exact) mass is 378 g/mol. The van der Waals surface area contributed by atoms with Crippen LogP contribution >= 0.6 is 0 Å². The number of carbonyl (C=O) groups is 1. The van der Waals surface area contributed by atoms with Crippen molar-refractivity contribution in [2.75, 3.05) is 13.1 Å². The van der Waals surface area contributed by atoms with Crippen LogP contribution in [-0.4, -0.2) is 23.9 Å². The Bertz CT molecular complexity index is 834. The van der Waals surface area contributed by atoms with Crippen LogP contribution in [0.2, 0.25) is 0 Å². The molecule has 0 spiro atoms. The lowest BCUT2D eigenvalue weighted by Crippen LogP contribution is -2.41. The molecule has 0 aromatic heterocycles. The van der Waals surface area contributed by atoms with Crippen molar-refractivity contribution in [2.24, 2.45) is 5.92 Å². The van der Waals surface area contributed by atoms with E-state index < -0.39 is 0 Å². The van der Waals surface area contributed by atoms with Crippen molar-refractivity contribution in [3.05, 3.63) is 69.8 Å². The van der Waals surface area contributed by atoms with Crippen LogP contribution in [0.3, 0.4) is 0 Å². The average molecular weight is 379 g/mol. The SMILES string of the molecule is Cc1cccc(CN2CCC(C(=O)NC(C)c3cc(C)c(C)cc3C)CC2)c1. The Kier molecular flexibility index (Phi) is 6.56. The Hall–Kier alpha value is -2.13. The van der Waals surface area contributed by atoms with E-state index in [9.17, 15) is 4.79 Å². The summed E-state index contributed by atoms with van der Waals surface area (Å²) < 4.78 is 0. The van der Waals surface area contributed by atoms with Gasteiger partial charge in [-0.2, -0.15) is 0 Å². The number of rotatable bonds is 5. The lowest BCUT2D eigenvalue weighted by molar-refractivity contribution is -0.127. The van der Waals surface area contributed by atoms with E-state index in [2.05, 4.69) is 81.2 Å².